The van der Waals surface area contributed by atoms with Crippen LogP contribution < -0.4 is 3.58 Å². The second kappa shape index (κ2) is 3.55. The number of hydrogen-bond donors (Lipinski definition) is 0. The molecule has 1 heterocycles. The zero-order valence-electron chi connectivity index (χ0n) is 10.1. The molecule has 0 atom stereocenters. The van der Waals surface area contributed by atoms with Gasteiger partial charge in [-0.25, -0.2) is 0 Å². The van der Waals surface area contributed by atoms with Crippen LogP contribution in [-0.2, 0) is 0 Å². The molecule has 0 N–H and O–H groups in total. The van der Waals surface area contributed by atoms with Gasteiger partial charge in [-0.3, -0.25) is 0 Å². The fraction of sp³-hybridized carbons (Fsp3) is 0.385. The van der Waals surface area contributed by atoms with Crippen LogP contribution in [0.5, 0.6) is 0 Å². The van der Waals surface area contributed by atoms with E-state index in [-0.39, 0.29) is 0 Å². The summed E-state index contributed by atoms with van der Waals surface area (Å²) in [5.41, 5.74) is 2.34. The molecule has 0 aliphatic rings. The Morgan fingerprint density at radius 3 is 2.27 bits per heavy atom. The fourth-order valence-corrected chi connectivity index (χ4v) is 5.42. The summed E-state index contributed by atoms with van der Waals surface area (Å²) >= 11 is -1.94. The van der Waals surface area contributed by atoms with Crippen LogP contribution in [0.2, 0.25) is 14.8 Å². The molecule has 15 heavy (non-hydrogen) atoms. The van der Waals surface area contributed by atoms with E-state index in [1.807, 2.05) is 6.92 Å². The normalized spacial score (nSPS) is 12.3. The van der Waals surface area contributed by atoms with Crippen molar-refractivity contribution in [2.24, 2.45) is 0 Å². The van der Waals surface area contributed by atoms with Gasteiger partial charge in [0.25, 0.3) is 0 Å². The molecule has 0 saturated carbocycles. The third kappa shape index (κ3) is 2.07. The van der Waals surface area contributed by atoms with Gasteiger partial charge >= 0.3 is 95.5 Å². The predicted molar refractivity (Wildman–Crippen MR) is 68.7 cm³/mol. The van der Waals surface area contributed by atoms with Crippen LogP contribution in [0.1, 0.15) is 11.3 Å². The van der Waals surface area contributed by atoms with E-state index in [1.165, 1.54) is 10.9 Å². The molecule has 1 aromatic carbocycles. The topological polar surface area (TPSA) is 13.1 Å². The van der Waals surface area contributed by atoms with Gasteiger partial charge in [-0.2, -0.15) is 0 Å². The molecule has 80 valence electrons. The standard InChI is InChI=1S/C10H9O.3CH3.Sn/c1-7-4-3-5-9-6-8(2)11-10(7)9;;;;/h4-6H,1-2H3;3*1H3;. The number of furan rings is 1. The van der Waals surface area contributed by atoms with Gasteiger partial charge in [0, 0.05) is 0 Å². The third-order valence-electron chi connectivity index (χ3n) is 2.79. The summed E-state index contributed by atoms with van der Waals surface area (Å²) in [6, 6.07) is 6.79. The molecule has 0 saturated heterocycles. The molecule has 0 bridgehead atoms. The molecule has 0 unspecified atom stereocenters. The number of fused-ring (bicyclic) bond motifs is 1. The Hall–Kier alpha value is -0.441. The second-order valence-corrected chi connectivity index (χ2v) is 19.8. The van der Waals surface area contributed by atoms with Crippen molar-refractivity contribution < 1.29 is 4.42 Å². The maximum atomic E-state index is 5.69. The Morgan fingerprint density at radius 2 is 1.67 bits per heavy atom. The zero-order valence-corrected chi connectivity index (χ0v) is 13.0. The second-order valence-electron chi connectivity index (χ2n) is 5.32. The molecule has 0 aliphatic carbocycles. The Bertz CT molecular complexity index is 503. The molecule has 2 rings (SSSR count). The van der Waals surface area contributed by atoms with Crippen LogP contribution in [-0.4, -0.2) is 18.4 Å². The van der Waals surface area contributed by atoms with E-state index < -0.39 is 18.4 Å². The van der Waals surface area contributed by atoms with Crippen molar-refractivity contribution in [1.82, 2.24) is 0 Å². The van der Waals surface area contributed by atoms with Gasteiger partial charge in [-0.15, -0.1) is 0 Å². The third-order valence-corrected chi connectivity index (χ3v) is 8.56. The summed E-state index contributed by atoms with van der Waals surface area (Å²) in [4.78, 5) is 7.34. The average molecular weight is 309 g/mol. The van der Waals surface area contributed by atoms with Crippen molar-refractivity contribution in [3.05, 3.63) is 29.5 Å². The Kier molecular flexibility index (Phi) is 2.61. The molecule has 1 aromatic heterocycles. The monoisotopic (exact) mass is 310 g/mol. The predicted octanol–water partition coefficient (Wildman–Crippen LogP) is 3.59. The van der Waals surface area contributed by atoms with Gasteiger partial charge < -0.3 is 0 Å². The van der Waals surface area contributed by atoms with Crippen molar-refractivity contribution in [1.29, 1.82) is 0 Å². The van der Waals surface area contributed by atoms with Crippen molar-refractivity contribution in [2.45, 2.75) is 28.7 Å². The Labute approximate surface area is 95.3 Å². The fourth-order valence-electron chi connectivity index (χ4n) is 1.89. The molecule has 0 radical (unpaired) electrons. The van der Waals surface area contributed by atoms with Gasteiger partial charge in [-0.05, 0) is 0 Å². The minimum absolute atomic E-state index is 1.01. The summed E-state index contributed by atoms with van der Waals surface area (Å²) in [5, 5.41) is 1.27. The van der Waals surface area contributed by atoms with Crippen LogP contribution in [0, 0.1) is 13.8 Å². The Morgan fingerprint density at radius 1 is 1.00 bits per heavy atom. The van der Waals surface area contributed by atoms with Crippen molar-refractivity contribution in [2.75, 3.05) is 0 Å². The first-order valence-corrected chi connectivity index (χ1v) is 15.4. The first-order valence-electron chi connectivity index (χ1n) is 5.39. The van der Waals surface area contributed by atoms with E-state index in [9.17, 15) is 0 Å². The number of aryl methyl sites for hydroxylation is 2. The molecule has 0 amide bonds. The first-order chi connectivity index (χ1) is 6.88. The minimum atomic E-state index is -1.94. The molecule has 2 aromatic rings. The molecule has 0 spiro atoms. The van der Waals surface area contributed by atoms with E-state index in [1.54, 1.807) is 3.58 Å². The van der Waals surface area contributed by atoms with E-state index in [2.05, 4.69) is 39.9 Å². The quantitative estimate of drug-likeness (QED) is 0.734. The van der Waals surface area contributed by atoms with Crippen LogP contribution in [0.3, 0.4) is 0 Å². The number of rotatable bonds is 1. The van der Waals surface area contributed by atoms with Gasteiger partial charge in [0.2, 0.25) is 0 Å². The zero-order chi connectivity index (χ0) is 11.2. The van der Waals surface area contributed by atoms with Crippen LogP contribution in [0.25, 0.3) is 11.0 Å². The maximum absolute atomic E-state index is 5.69. The van der Waals surface area contributed by atoms with Gasteiger partial charge in [-0.1, -0.05) is 0 Å². The van der Waals surface area contributed by atoms with Crippen molar-refractivity contribution in [3.8, 4) is 0 Å². The summed E-state index contributed by atoms with van der Waals surface area (Å²) < 4.78 is 7.27. The number of benzene rings is 1. The van der Waals surface area contributed by atoms with Crippen LogP contribution >= 0.6 is 0 Å². The summed E-state index contributed by atoms with van der Waals surface area (Å²) in [5.74, 6) is 1.01. The van der Waals surface area contributed by atoms with Gasteiger partial charge in [0.05, 0.1) is 0 Å². The first kappa shape index (κ1) is 11.1. The molecule has 2 heteroatoms. The van der Waals surface area contributed by atoms with E-state index in [4.69, 9.17) is 4.42 Å². The SMILES string of the molecule is Cc1cc2c[c]([Sn]([CH3])([CH3])[CH3])cc(C)c2o1. The van der Waals surface area contributed by atoms with Crippen LogP contribution in [0.4, 0.5) is 0 Å². The van der Waals surface area contributed by atoms with E-state index >= 15 is 0 Å². The summed E-state index contributed by atoms with van der Waals surface area (Å²) in [6.07, 6.45) is 0. The number of hydrogen-bond acceptors (Lipinski definition) is 1. The molecular weight excluding hydrogens is 291 g/mol. The average Bonchev–Trinajstić information content (AvgIpc) is 2.44. The Balaban J connectivity index is 2.72. The molecule has 0 fully saturated rings. The van der Waals surface area contributed by atoms with Crippen LogP contribution in [0.15, 0.2) is 22.6 Å². The van der Waals surface area contributed by atoms with Crippen molar-refractivity contribution in [3.63, 3.8) is 0 Å². The van der Waals surface area contributed by atoms with Gasteiger partial charge in [0.1, 0.15) is 0 Å². The molecule has 0 aliphatic heterocycles. The van der Waals surface area contributed by atoms with E-state index in [0.717, 1.165) is 11.3 Å². The molecular formula is C13H18OSn. The van der Waals surface area contributed by atoms with E-state index in [0.29, 0.717) is 0 Å². The summed E-state index contributed by atoms with van der Waals surface area (Å²) in [7, 11) is 0. The molecule has 1 nitrogen and oxygen atoms in total. The van der Waals surface area contributed by atoms with Crippen molar-refractivity contribution >= 4 is 32.9 Å². The van der Waals surface area contributed by atoms with Gasteiger partial charge in [0.15, 0.2) is 0 Å². The summed E-state index contributed by atoms with van der Waals surface area (Å²) in [6.45, 7) is 4.16.